The summed E-state index contributed by atoms with van der Waals surface area (Å²) in [4.78, 5) is 0. The summed E-state index contributed by atoms with van der Waals surface area (Å²) in [5.74, 6) is -0.451. The maximum absolute atomic E-state index is 12.8. The van der Waals surface area contributed by atoms with Gasteiger partial charge >= 0.3 is 0 Å². The third-order valence-corrected chi connectivity index (χ3v) is 2.14. The van der Waals surface area contributed by atoms with Crippen LogP contribution < -0.4 is 10.7 Å². The van der Waals surface area contributed by atoms with Crippen LogP contribution in [0.25, 0.3) is 0 Å². The Morgan fingerprint density at radius 2 is 2.33 bits per heavy atom. The molecular formula is C9H9ClFN3S. The Balaban J connectivity index is 2.65. The number of rotatable bonds is 2. The molecule has 1 aromatic carbocycles. The van der Waals surface area contributed by atoms with Gasteiger partial charge in [0.15, 0.2) is 5.11 Å². The second kappa shape index (κ2) is 5.63. The van der Waals surface area contributed by atoms with Crippen molar-refractivity contribution in [2.24, 2.45) is 5.10 Å². The van der Waals surface area contributed by atoms with Crippen LogP contribution in [0.1, 0.15) is 5.56 Å². The van der Waals surface area contributed by atoms with Crippen LogP contribution in [0.15, 0.2) is 23.3 Å². The van der Waals surface area contributed by atoms with Gasteiger partial charge in [-0.2, -0.15) is 5.10 Å². The summed E-state index contributed by atoms with van der Waals surface area (Å²) in [7, 11) is 1.68. The first-order valence-corrected chi connectivity index (χ1v) is 4.88. The average Bonchev–Trinajstić information content (AvgIpc) is 2.23. The van der Waals surface area contributed by atoms with Gasteiger partial charge in [0.1, 0.15) is 5.82 Å². The zero-order chi connectivity index (χ0) is 11.3. The molecule has 0 unspecified atom stereocenters. The summed E-state index contributed by atoms with van der Waals surface area (Å²) in [5, 5.41) is 6.98. The lowest BCUT2D eigenvalue weighted by Gasteiger charge is -2.00. The predicted molar refractivity (Wildman–Crippen MR) is 63.8 cm³/mol. The fraction of sp³-hybridized carbons (Fsp3) is 0.111. The smallest absolute Gasteiger partial charge is 0.186 e. The van der Waals surface area contributed by atoms with E-state index in [9.17, 15) is 4.39 Å². The summed E-state index contributed by atoms with van der Waals surface area (Å²) >= 11 is 10.4. The first kappa shape index (κ1) is 11.9. The van der Waals surface area contributed by atoms with Gasteiger partial charge in [-0.05, 0) is 29.9 Å². The highest BCUT2D eigenvalue weighted by molar-refractivity contribution is 7.80. The number of hydrogen-bond donors (Lipinski definition) is 2. The Bertz CT molecular complexity index is 395. The molecule has 1 aromatic rings. The quantitative estimate of drug-likeness (QED) is 0.475. The second-order valence-electron chi connectivity index (χ2n) is 2.62. The summed E-state index contributed by atoms with van der Waals surface area (Å²) < 4.78 is 12.8. The van der Waals surface area contributed by atoms with Gasteiger partial charge in [-0.15, -0.1) is 0 Å². The van der Waals surface area contributed by atoms with E-state index < -0.39 is 5.82 Å². The molecule has 0 spiro atoms. The molecule has 3 nitrogen and oxygen atoms in total. The number of hydrazone groups is 1. The molecule has 0 heterocycles. The first-order valence-electron chi connectivity index (χ1n) is 4.09. The molecule has 0 aliphatic heterocycles. The molecule has 2 N–H and O–H groups in total. The van der Waals surface area contributed by atoms with Crippen molar-refractivity contribution in [1.29, 1.82) is 0 Å². The molecule has 0 aliphatic rings. The molecule has 0 radical (unpaired) electrons. The maximum atomic E-state index is 12.8. The third kappa shape index (κ3) is 3.81. The number of halogens is 2. The van der Waals surface area contributed by atoms with Crippen molar-refractivity contribution in [3.8, 4) is 0 Å². The van der Waals surface area contributed by atoms with Crippen molar-refractivity contribution >= 4 is 35.1 Å². The molecule has 0 aliphatic carbocycles. The zero-order valence-electron chi connectivity index (χ0n) is 7.92. The molecule has 80 valence electrons. The number of nitrogens with one attached hydrogen (secondary N) is 2. The van der Waals surface area contributed by atoms with E-state index in [1.165, 1.54) is 18.3 Å². The van der Waals surface area contributed by atoms with Gasteiger partial charge in [0.05, 0.1) is 11.2 Å². The Labute approximate surface area is 97.3 Å². The van der Waals surface area contributed by atoms with Gasteiger partial charge < -0.3 is 5.32 Å². The van der Waals surface area contributed by atoms with Crippen molar-refractivity contribution in [3.63, 3.8) is 0 Å². The van der Waals surface area contributed by atoms with Gasteiger partial charge in [0, 0.05) is 7.05 Å². The van der Waals surface area contributed by atoms with Gasteiger partial charge in [-0.25, -0.2) is 4.39 Å². The Kier molecular flexibility index (Phi) is 4.45. The van der Waals surface area contributed by atoms with Gasteiger partial charge in [-0.1, -0.05) is 17.7 Å². The molecule has 6 heteroatoms. The van der Waals surface area contributed by atoms with Crippen LogP contribution in [0.5, 0.6) is 0 Å². The fourth-order valence-electron chi connectivity index (χ4n) is 0.814. The lowest BCUT2D eigenvalue weighted by Crippen LogP contribution is -2.28. The highest BCUT2D eigenvalue weighted by Gasteiger charge is 1.98. The minimum Gasteiger partial charge on any atom is -0.364 e. The summed E-state index contributed by atoms with van der Waals surface area (Å²) in [5.41, 5.74) is 3.26. The van der Waals surface area contributed by atoms with E-state index in [1.807, 2.05) is 0 Å². The Morgan fingerprint density at radius 1 is 1.60 bits per heavy atom. The summed E-state index contributed by atoms with van der Waals surface area (Å²) in [6.45, 7) is 0. The van der Waals surface area contributed by atoms with Crippen LogP contribution in [0.3, 0.4) is 0 Å². The fourth-order valence-corrected chi connectivity index (χ4v) is 1.06. The van der Waals surface area contributed by atoms with Crippen LogP contribution in [0.2, 0.25) is 5.02 Å². The molecule has 1 rings (SSSR count). The van der Waals surface area contributed by atoms with Crippen LogP contribution in [-0.2, 0) is 0 Å². The molecule has 0 amide bonds. The van der Waals surface area contributed by atoms with E-state index in [0.717, 1.165) is 0 Å². The van der Waals surface area contributed by atoms with Gasteiger partial charge in [-0.3, -0.25) is 5.43 Å². The number of thiocarbonyl (C=S) groups is 1. The predicted octanol–water partition coefficient (Wildman–Crippen LogP) is 1.91. The summed E-state index contributed by atoms with van der Waals surface area (Å²) in [6.07, 6.45) is 1.50. The largest absolute Gasteiger partial charge is 0.364 e. The normalized spacial score (nSPS) is 10.3. The average molecular weight is 246 g/mol. The van der Waals surface area contributed by atoms with E-state index in [4.69, 9.17) is 23.8 Å². The Morgan fingerprint density at radius 3 is 2.93 bits per heavy atom. The molecule has 0 fully saturated rings. The summed E-state index contributed by atoms with van der Waals surface area (Å²) in [6, 6.07) is 4.32. The molecule has 0 saturated carbocycles. The standard InChI is InChI=1S/C9H9ClFN3S/c1-12-9(15)14-13-5-6-2-3-8(11)7(10)4-6/h2-5H,1H3,(H2,12,14,15)/b13-5+. The zero-order valence-corrected chi connectivity index (χ0v) is 9.49. The van der Waals surface area contributed by atoms with E-state index in [2.05, 4.69) is 15.8 Å². The topological polar surface area (TPSA) is 36.4 Å². The molecule has 15 heavy (non-hydrogen) atoms. The minimum atomic E-state index is -0.451. The van der Waals surface area contributed by atoms with Crippen molar-refractivity contribution < 1.29 is 4.39 Å². The minimum absolute atomic E-state index is 0.0649. The van der Waals surface area contributed by atoms with Crippen LogP contribution >= 0.6 is 23.8 Å². The van der Waals surface area contributed by atoms with Gasteiger partial charge in [0.25, 0.3) is 0 Å². The number of hydrogen-bond acceptors (Lipinski definition) is 2. The lowest BCUT2D eigenvalue weighted by atomic mass is 10.2. The highest BCUT2D eigenvalue weighted by Crippen LogP contribution is 2.14. The van der Waals surface area contributed by atoms with E-state index >= 15 is 0 Å². The molecule has 0 atom stereocenters. The molecule has 0 bridgehead atoms. The van der Waals surface area contributed by atoms with Crippen molar-refractivity contribution in [2.45, 2.75) is 0 Å². The molecule has 0 aromatic heterocycles. The van der Waals surface area contributed by atoms with Crippen molar-refractivity contribution in [3.05, 3.63) is 34.6 Å². The first-order chi connectivity index (χ1) is 7.13. The Hall–Kier alpha value is -1.20. The van der Waals surface area contributed by atoms with Crippen LogP contribution in [0.4, 0.5) is 4.39 Å². The number of nitrogens with zero attached hydrogens (tertiary/aromatic N) is 1. The van der Waals surface area contributed by atoms with E-state index in [1.54, 1.807) is 13.1 Å². The highest BCUT2D eigenvalue weighted by atomic mass is 35.5. The van der Waals surface area contributed by atoms with Gasteiger partial charge in [0.2, 0.25) is 0 Å². The van der Waals surface area contributed by atoms with E-state index in [0.29, 0.717) is 10.7 Å². The second-order valence-corrected chi connectivity index (χ2v) is 3.44. The number of benzene rings is 1. The maximum Gasteiger partial charge on any atom is 0.186 e. The SMILES string of the molecule is CNC(=S)N/N=C/c1ccc(F)c(Cl)c1. The van der Waals surface area contributed by atoms with Crippen molar-refractivity contribution in [2.75, 3.05) is 7.05 Å². The monoisotopic (exact) mass is 245 g/mol. The van der Waals surface area contributed by atoms with Crippen molar-refractivity contribution in [1.82, 2.24) is 10.7 Å². The van der Waals surface area contributed by atoms with Crippen LogP contribution in [-0.4, -0.2) is 18.4 Å². The van der Waals surface area contributed by atoms with Crippen LogP contribution in [0, 0.1) is 5.82 Å². The molecule has 0 saturated heterocycles. The lowest BCUT2D eigenvalue weighted by molar-refractivity contribution is 0.628. The van der Waals surface area contributed by atoms with E-state index in [-0.39, 0.29) is 5.02 Å². The third-order valence-electron chi connectivity index (χ3n) is 1.55. The molecular weight excluding hydrogens is 237 g/mol.